The van der Waals surface area contributed by atoms with Crippen LogP contribution in [0.3, 0.4) is 0 Å². The summed E-state index contributed by atoms with van der Waals surface area (Å²) in [5, 5.41) is 3.08. The molecule has 0 spiro atoms. The summed E-state index contributed by atoms with van der Waals surface area (Å²) in [5.74, 6) is 5.96. The standard InChI is InChI=1S/C13H19N7O/c1-8(2)21-13-18-11(17-12(19-13)20-14)15-7-10-6-4-5-9(3)16-10/h4-6,8H,7,14H2,1-3H3,(H2,15,17,18,19,20). The first-order valence-corrected chi connectivity index (χ1v) is 6.62. The van der Waals surface area contributed by atoms with Crippen molar-refractivity contribution in [2.75, 3.05) is 10.7 Å². The van der Waals surface area contributed by atoms with E-state index >= 15 is 0 Å². The van der Waals surface area contributed by atoms with Gasteiger partial charge in [-0.25, -0.2) is 5.84 Å². The smallest absolute Gasteiger partial charge is 0.323 e. The molecular weight excluding hydrogens is 270 g/mol. The first kappa shape index (κ1) is 14.9. The molecule has 8 nitrogen and oxygen atoms in total. The third kappa shape index (κ3) is 4.53. The van der Waals surface area contributed by atoms with Crippen LogP contribution in [0.4, 0.5) is 11.9 Å². The average molecular weight is 289 g/mol. The fourth-order valence-electron chi connectivity index (χ4n) is 1.63. The lowest BCUT2D eigenvalue weighted by Crippen LogP contribution is -2.16. The predicted molar refractivity (Wildman–Crippen MR) is 79.7 cm³/mol. The van der Waals surface area contributed by atoms with E-state index in [-0.39, 0.29) is 18.1 Å². The van der Waals surface area contributed by atoms with Crippen LogP contribution in [-0.4, -0.2) is 26.0 Å². The van der Waals surface area contributed by atoms with Gasteiger partial charge >= 0.3 is 6.01 Å². The summed E-state index contributed by atoms with van der Waals surface area (Å²) in [5.41, 5.74) is 4.24. The van der Waals surface area contributed by atoms with Gasteiger partial charge in [0.15, 0.2) is 0 Å². The quantitative estimate of drug-likeness (QED) is 0.538. The first-order chi connectivity index (χ1) is 10.1. The van der Waals surface area contributed by atoms with E-state index < -0.39 is 0 Å². The Bertz CT molecular complexity index is 603. The molecule has 0 aliphatic heterocycles. The number of hydrazine groups is 1. The van der Waals surface area contributed by atoms with Crippen molar-refractivity contribution in [3.05, 3.63) is 29.6 Å². The van der Waals surface area contributed by atoms with E-state index in [1.54, 1.807) is 0 Å². The van der Waals surface area contributed by atoms with Crippen LogP contribution in [0.15, 0.2) is 18.2 Å². The SMILES string of the molecule is Cc1cccc(CNc2nc(NN)nc(OC(C)C)n2)n1. The maximum atomic E-state index is 5.46. The molecule has 0 unspecified atom stereocenters. The van der Waals surface area contributed by atoms with Gasteiger partial charge in [0, 0.05) is 5.69 Å². The highest BCUT2D eigenvalue weighted by Gasteiger charge is 2.08. The van der Waals surface area contributed by atoms with Crippen molar-refractivity contribution >= 4 is 11.9 Å². The lowest BCUT2D eigenvalue weighted by atomic mass is 10.3. The van der Waals surface area contributed by atoms with Crippen LogP contribution < -0.4 is 21.3 Å². The fourth-order valence-corrected chi connectivity index (χ4v) is 1.63. The van der Waals surface area contributed by atoms with Crippen LogP contribution in [0.1, 0.15) is 25.2 Å². The molecule has 0 bridgehead atoms. The number of pyridine rings is 1. The number of nitrogens with two attached hydrogens (primary N) is 1. The van der Waals surface area contributed by atoms with Crippen LogP contribution in [0, 0.1) is 6.92 Å². The predicted octanol–water partition coefficient (Wildman–Crippen LogP) is 1.26. The normalized spacial score (nSPS) is 10.5. The van der Waals surface area contributed by atoms with Crippen LogP contribution in [0.5, 0.6) is 6.01 Å². The maximum absolute atomic E-state index is 5.46. The van der Waals surface area contributed by atoms with E-state index in [4.69, 9.17) is 10.6 Å². The summed E-state index contributed by atoms with van der Waals surface area (Å²) in [6.07, 6.45) is -0.0377. The number of anilines is 2. The summed E-state index contributed by atoms with van der Waals surface area (Å²) >= 11 is 0. The highest BCUT2D eigenvalue weighted by atomic mass is 16.5. The Labute approximate surface area is 123 Å². The monoisotopic (exact) mass is 289 g/mol. The molecule has 0 saturated carbocycles. The van der Waals surface area contributed by atoms with E-state index in [1.165, 1.54) is 0 Å². The molecule has 0 amide bonds. The number of nitrogen functional groups attached to an aromatic ring is 1. The number of hydrogen-bond donors (Lipinski definition) is 3. The number of rotatable bonds is 6. The summed E-state index contributed by atoms with van der Waals surface area (Å²) in [4.78, 5) is 16.7. The van der Waals surface area contributed by atoms with Crippen molar-refractivity contribution in [2.24, 2.45) is 5.84 Å². The van der Waals surface area contributed by atoms with Crippen molar-refractivity contribution in [1.29, 1.82) is 0 Å². The zero-order valence-corrected chi connectivity index (χ0v) is 12.3. The van der Waals surface area contributed by atoms with Gasteiger partial charge < -0.3 is 10.1 Å². The molecule has 0 atom stereocenters. The van der Waals surface area contributed by atoms with Gasteiger partial charge in [0.2, 0.25) is 11.9 Å². The molecule has 2 aromatic heterocycles. The Morgan fingerprint density at radius 1 is 1.14 bits per heavy atom. The van der Waals surface area contributed by atoms with Crippen LogP contribution in [0.2, 0.25) is 0 Å². The lowest BCUT2D eigenvalue weighted by molar-refractivity contribution is 0.222. The molecule has 0 fully saturated rings. The van der Waals surface area contributed by atoms with Crippen LogP contribution >= 0.6 is 0 Å². The van der Waals surface area contributed by atoms with E-state index in [9.17, 15) is 0 Å². The summed E-state index contributed by atoms with van der Waals surface area (Å²) < 4.78 is 5.46. The largest absolute Gasteiger partial charge is 0.461 e. The van der Waals surface area contributed by atoms with Crippen LogP contribution in [-0.2, 0) is 6.54 Å². The Balaban J connectivity index is 2.11. The molecule has 21 heavy (non-hydrogen) atoms. The zero-order chi connectivity index (χ0) is 15.2. The topological polar surface area (TPSA) is 111 Å². The van der Waals surface area contributed by atoms with Gasteiger partial charge in [-0.05, 0) is 32.9 Å². The second-order valence-corrected chi connectivity index (χ2v) is 4.70. The van der Waals surface area contributed by atoms with Crippen molar-refractivity contribution in [3.63, 3.8) is 0 Å². The summed E-state index contributed by atoms with van der Waals surface area (Å²) in [7, 11) is 0. The van der Waals surface area contributed by atoms with E-state index in [0.29, 0.717) is 12.5 Å². The molecule has 8 heteroatoms. The Kier molecular flexibility index (Phi) is 4.83. The highest BCUT2D eigenvalue weighted by Crippen LogP contribution is 2.12. The second-order valence-electron chi connectivity index (χ2n) is 4.70. The molecule has 4 N–H and O–H groups in total. The van der Waals surface area contributed by atoms with E-state index in [0.717, 1.165) is 11.4 Å². The van der Waals surface area contributed by atoms with E-state index in [1.807, 2.05) is 39.0 Å². The first-order valence-electron chi connectivity index (χ1n) is 6.62. The molecule has 2 rings (SSSR count). The highest BCUT2D eigenvalue weighted by molar-refractivity contribution is 5.35. The average Bonchev–Trinajstić information content (AvgIpc) is 2.44. The molecule has 0 radical (unpaired) electrons. The molecule has 0 aliphatic rings. The number of nitrogens with zero attached hydrogens (tertiary/aromatic N) is 4. The van der Waals surface area contributed by atoms with Crippen LogP contribution in [0.25, 0.3) is 0 Å². The Morgan fingerprint density at radius 3 is 2.57 bits per heavy atom. The van der Waals surface area contributed by atoms with Gasteiger partial charge in [-0.3, -0.25) is 10.4 Å². The number of ether oxygens (including phenoxy) is 1. The van der Waals surface area contributed by atoms with Crippen molar-refractivity contribution in [3.8, 4) is 6.01 Å². The summed E-state index contributed by atoms with van der Waals surface area (Å²) in [6.45, 7) is 6.22. The van der Waals surface area contributed by atoms with Gasteiger partial charge in [-0.2, -0.15) is 15.0 Å². The van der Waals surface area contributed by atoms with Gasteiger partial charge in [-0.15, -0.1) is 0 Å². The molecule has 2 aromatic rings. The third-order valence-corrected chi connectivity index (χ3v) is 2.46. The lowest BCUT2D eigenvalue weighted by Gasteiger charge is -2.11. The van der Waals surface area contributed by atoms with E-state index in [2.05, 4.69) is 30.7 Å². The zero-order valence-electron chi connectivity index (χ0n) is 12.3. The maximum Gasteiger partial charge on any atom is 0.323 e. The van der Waals surface area contributed by atoms with Gasteiger partial charge in [0.1, 0.15) is 0 Å². The molecule has 0 saturated heterocycles. The minimum atomic E-state index is -0.0377. The fraction of sp³-hybridized carbons (Fsp3) is 0.385. The van der Waals surface area contributed by atoms with Gasteiger partial charge in [0.25, 0.3) is 0 Å². The molecular formula is C13H19N7O. The minimum Gasteiger partial charge on any atom is -0.461 e. The number of nitrogens with one attached hydrogen (secondary N) is 2. The number of hydrogen-bond acceptors (Lipinski definition) is 8. The van der Waals surface area contributed by atoms with Gasteiger partial charge in [0.05, 0.1) is 18.3 Å². The van der Waals surface area contributed by atoms with Crippen molar-refractivity contribution in [2.45, 2.75) is 33.4 Å². The Hall–Kier alpha value is -2.48. The molecule has 0 aromatic carbocycles. The number of aryl methyl sites for hydroxylation is 1. The molecule has 2 heterocycles. The van der Waals surface area contributed by atoms with Gasteiger partial charge in [-0.1, -0.05) is 6.07 Å². The summed E-state index contributed by atoms with van der Waals surface area (Å²) in [6, 6.07) is 6.03. The van der Waals surface area contributed by atoms with Crippen molar-refractivity contribution < 1.29 is 4.74 Å². The van der Waals surface area contributed by atoms with Crippen molar-refractivity contribution in [1.82, 2.24) is 19.9 Å². The molecule has 0 aliphatic carbocycles. The molecule has 112 valence electrons. The third-order valence-electron chi connectivity index (χ3n) is 2.46. The minimum absolute atomic E-state index is 0.0377. The Morgan fingerprint density at radius 2 is 1.90 bits per heavy atom. The second kappa shape index (κ2) is 6.80. The number of aromatic nitrogens is 4.